The van der Waals surface area contributed by atoms with Crippen LogP contribution >= 0.6 is 11.8 Å². The van der Waals surface area contributed by atoms with Crippen molar-refractivity contribution in [1.29, 1.82) is 0 Å². The van der Waals surface area contributed by atoms with Gasteiger partial charge in [0, 0.05) is 16.7 Å². The SMILES string of the molecule is CC(C)c1ccc2c(c1)SCC(C)N2C(=O)CN. The minimum atomic E-state index is 0.00125. The topological polar surface area (TPSA) is 46.3 Å². The van der Waals surface area contributed by atoms with Crippen molar-refractivity contribution in [1.82, 2.24) is 0 Å². The number of rotatable bonds is 2. The quantitative estimate of drug-likeness (QED) is 0.893. The van der Waals surface area contributed by atoms with Crippen LogP contribution in [0.15, 0.2) is 23.1 Å². The van der Waals surface area contributed by atoms with E-state index in [9.17, 15) is 4.79 Å². The molecule has 0 saturated heterocycles. The lowest BCUT2D eigenvalue weighted by atomic mass is 10.0. The first-order valence-corrected chi connectivity index (χ1v) is 7.32. The van der Waals surface area contributed by atoms with E-state index in [2.05, 4.69) is 39.0 Å². The molecule has 4 heteroatoms. The first-order valence-electron chi connectivity index (χ1n) is 6.33. The van der Waals surface area contributed by atoms with Gasteiger partial charge in [-0.15, -0.1) is 11.8 Å². The summed E-state index contributed by atoms with van der Waals surface area (Å²) in [6.45, 7) is 6.50. The van der Waals surface area contributed by atoms with Crippen LogP contribution in [0.2, 0.25) is 0 Å². The van der Waals surface area contributed by atoms with Crippen molar-refractivity contribution in [2.24, 2.45) is 5.73 Å². The third kappa shape index (κ3) is 2.40. The van der Waals surface area contributed by atoms with Crippen LogP contribution in [0.25, 0.3) is 0 Å². The predicted molar refractivity (Wildman–Crippen MR) is 77.3 cm³/mol. The number of hydrogen-bond donors (Lipinski definition) is 1. The van der Waals surface area contributed by atoms with Gasteiger partial charge in [-0.3, -0.25) is 4.79 Å². The highest BCUT2D eigenvalue weighted by molar-refractivity contribution is 7.99. The number of amides is 1. The zero-order chi connectivity index (χ0) is 13.3. The molecular formula is C14H20N2OS. The van der Waals surface area contributed by atoms with E-state index >= 15 is 0 Å². The number of nitrogens with zero attached hydrogens (tertiary/aromatic N) is 1. The van der Waals surface area contributed by atoms with Crippen LogP contribution in [0, 0.1) is 0 Å². The van der Waals surface area contributed by atoms with Gasteiger partial charge < -0.3 is 10.6 Å². The second-order valence-electron chi connectivity index (χ2n) is 5.01. The van der Waals surface area contributed by atoms with Gasteiger partial charge in [0.1, 0.15) is 0 Å². The van der Waals surface area contributed by atoms with Crippen LogP contribution in [-0.2, 0) is 4.79 Å². The maximum atomic E-state index is 12.0. The fourth-order valence-electron chi connectivity index (χ4n) is 2.21. The highest BCUT2D eigenvalue weighted by Crippen LogP contribution is 2.39. The summed E-state index contributed by atoms with van der Waals surface area (Å²) < 4.78 is 0. The zero-order valence-corrected chi connectivity index (χ0v) is 12.0. The van der Waals surface area contributed by atoms with Crippen LogP contribution < -0.4 is 10.6 Å². The van der Waals surface area contributed by atoms with Crippen molar-refractivity contribution in [3.05, 3.63) is 23.8 Å². The molecule has 98 valence electrons. The minimum absolute atomic E-state index is 0.00125. The van der Waals surface area contributed by atoms with Crippen molar-refractivity contribution >= 4 is 23.4 Å². The predicted octanol–water partition coefficient (Wildman–Crippen LogP) is 2.60. The summed E-state index contributed by atoms with van der Waals surface area (Å²) in [6, 6.07) is 6.58. The number of fused-ring (bicyclic) bond motifs is 1. The summed E-state index contributed by atoms with van der Waals surface area (Å²) in [4.78, 5) is 15.0. The van der Waals surface area contributed by atoms with E-state index in [-0.39, 0.29) is 18.5 Å². The normalized spacial score (nSPS) is 18.9. The van der Waals surface area contributed by atoms with E-state index in [1.165, 1.54) is 10.5 Å². The second-order valence-corrected chi connectivity index (χ2v) is 6.07. The summed E-state index contributed by atoms with van der Waals surface area (Å²) in [6.07, 6.45) is 0. The monoisotopic (exact) mass is 264 g/mol. The van der Waals surface area contributed by atoms with Gasteiger partial charge in [0.05, 0.1) is 12.2 Å². The smallest absolute Gasteiger partial charge is 0.241 e. The number of anilines is 1. The molecule has 1 atom stereocenters. The van der Waals surface area contributed by atoms with Gasteiger partial charge >= 0.3 is 0 Å². The van der Waals surface area contributed by atoms with Crippen molar-refractivity contribution < 1.29 is 4.79 Å². The number of benzene rings is 1. The van der Waals surface area contributed by atoms with Gasteiger partial charge in [-0.05, 0) is 30.5 Å². The summed E-state index contributed by atoms with van der Waals surface area (Å²) in [5.74, 6) is 1.44. The Kier molecular flexibility index (Phi) is 3.97. The number of carbonyl (C=O) groups excluding carboxylic acids is 1. The average molecular weight is 264 g/mol. The lowest BCUT2D eigenvalue weighted by Crippen LogP contribution is -2.45. The third-order valence-electron chi connectivity index (χ3n) is 3.27. The van der Waals surface area contributed by atoms with E-state index < -0.39 is 0 Å². The highest BCUT2D eigenvalue weighted by Gasteiger charge is 2.28. The van der Waals surface area contributed by atoms with E-state index in [4.69, 9.17) is 5.73 Å². The number of thioether (sulfide) groups is 1. The molecule has 3 nitrogen and oxygen atoms in total. The molecule has 1 aromatic carbocycles. The van der Waals surface area contributed by atoms with Gasteiger partial charge in [0.2, 0.25) is 5.91 Å². The van der Waals surface area contributed by atoms with Gasteiger partial charge in [0.25, 0.3) is 0 Å². The fourth-order valence-corrected chi connectivity index (χ4v) is 3.31. The van der Waals surface area contributed by atoms with Gasteiger partial charge in [-0.1, -0.05) is 19.9 Å². The molecule has 0 aliphatic carbocycles. The summed E-state index contributed by atoms with van der Waals surface area (Å²) >= 11 is 1.83. The molecule has 1 heterocycles. The maximum absolute atomic E-state index is 12.0. The van der Waals surface area contributed by atoms with Crippen molar-refractivity contribution in [2.45, 2.75) is 37.6 Å². The molecule has 2 rings (SSSR count). The maximum Gasteiger partial charge on any atom is 0.241 e. The van der Waals surface area contributed by atoms with E-state index in [0.29, 0.717) is 5.92 Å². The molecule has 1 unspecified atom stereocenters. The number of carbonyl (C=O) groups is 1. The zero-order valence-electron chi connectivity index (χ0n) is 11.1. The minimum Gasteiger partial charge on any atom is -0.322 e. The third-order valence-corrected chi connectivity index (χ3v) is 4.56. The average Bonchev–Trinajstić information content (AvgIpc) is 2.37. The molecule has 0 saturated carbocycles. The first kappa shape index (κ1) is 13.4. The Bertz CT molecular complexity index is 459. The molecular weight excluding hydrogens is 244 g/mol. The summed E-state index contributed by atoms with van der Waals surface area (Å²) in [5, 5.41) is 0. The molecule has 1 aromatic rings. The summed E-state index contributed by atoms with van der Waals surface area (Å²) in [5.41, 5.74) is 7.83. The lowest BCUT2D eigenvalue weighted by Gasteiger charge is -2.35. The molecule has 1 amide bonds. The molecule has 0 bridgehead atoms. The second kappa shape index (κ2) is 5.33. The van der Waals surface area contributed by atoms with E-state index in [0.717, 1.165) is 11.4 Å². The highest BCUT2D eigenvalue weighted by atomic mass is 32.2. The molecule has 1 aliphatic heterocycles. The molecule has 2 N–H and O–H groups in total. The molecule has 0 fully saturated rings. The lowest BCUT2D eigenvalue weighted by molar-refractivity contribution is -0.117. The van der Waals surface area contributed by atoms with Crippen LogP contribution in [0.3, 0.4) is 0 Å². The molecule has 18 heavy (non-hydrogen) atoms. The molecule has 0 spiro atoms. The van der Waals surface area contributed by atoms with Crippen LogP contribution in [-0.4, -0.2) is 24.2 Å². The van der Waals surface area contributed by atoms with Gasteiger partial charge in [0.15, 0.2) is 0 Å². The Morgan fingerprint density at radius 3 is 2.89 bits per heavy atom. The number of nitrogens with two attached hydrogens (primary N) is 1. The van der Waals surface area contributed by atoms with Crippen LogP contribution in [0.5, 0.6) is 0 Å². The van der Waals surface area contributed by atoms with Crippen molar-refractivity contribution in [2.75, 3.05) is 17.2 Å². The van der Waals surface area contributed by atoms with Gasteiger partial charge in [-0.25, -0.2) is 0 Å². The first-order chi connectivity index (χ1) is 8.54. The van der Waals surface area contributed by atoms with E-state index in [1.54, 1.807) is 0 Å². The van der Waals surface area contributed by atoms with E-state index in [1.807, 2.05) is 16.7 Å². The largest absolute Gasteiger partial charge is 0.322 e. The van der Waals surface area contributed by atoms with Gasteiger partial charge in [-0.2, -0.15) is 0 Å². The van der Waals surface area contributed by atoms with Crippen molar-refractivity contribution in [3.8, 4) is 0 Å². The Morgan fingerprint density at radius 2 is 2.28 bits per heavy atom. The van der Waals surface area contributed by atoms with Crippen LogP contribution in [0.4, 0.5) is 5.69 Å². The standard InChI is InChI=1S/C14H20N2OS/c1-9(2)11-4-5-12-13(6-11)18-8-10(3)16(12)14(17)7-15/h4-6,9-10H,7-8,15H2,1-3H3. The molecule has 1 aliphatic rings. The van der Waals surface area contributed by atoms with Crippen LogP contribution in [0.1, 0.15) is 32.3 Å². The van der Waals surface area contributed by atoms with Crippen molar-refractivity contribution in [3.63, 3.8) is 0 Å². The molecule has 0 radical (unpaired) electrons. The molecule has 0 aromatic heterocycles. The Balaban J connectivity index is 2.42. The Hall–Kier alpha value is -1.00. The Labute approximate surface area is 113 Å². The fraction of sp³-hybridized carbons (Fsp3) is 0.500. The summed E-state index contributed by atoms with van der Waals surface area (Å²) in [7, 11) is 0. The number of hydrogen-bond acceptors (Lipinski definition) is 3. The Morgan fingerprint density at radius 1 is 1.56 bits per heavy atom.